The fraction of sp³-hybridized carbons (Fsp3) is 0.882. The van der Waals surface area contributed by atoms with Crippen molar-refractivity contribution in [3.63, 3.8) is 0 Å². The molecule has 1 fully saturated rings. The van der Waals surface area contributed by atoms with Gasteiger partial charge in [0.1, 0.15) is 0 Å². The minimum atomic E-state index is -0.716. The lowest BCUT2D eigenvalue weighted by Crippen LogP contribution is -2.43. The fourth-order valence-corrected chi connectivity index (χ4v) is 2.64. The number of rotatable bonds is 11. The van der Waals surface area contributed by atoms with Crippen LogP contribution in [0.25, 0.3) is 0 Å². The predicted octanol–water partition coefficient (Wildman–Crippen LogP) is 1.40. The Labute approximate surface area is 140 Å². The van der Waals surface area contributed by atoms with E-state index in [1.54, 1.807) is 0 Å². The van der Waals surface area contributed by atoms with Crippen molar-refractivity contribution in [2.75, 3.05) is 26.2 Å². The molecule has 134 valence electrons. The molecule has 4 N–H and O–H groups in total. The van der Waals surface area contributed by atoms with Crippen LogP contribution in [0.2, 0.25) is 0 Å². The van der Waals surface area contributed by atoms with Gasteiger partial charge in [0.2, 0.25) is 5.91 Å². The molecule has 0 radical (unpaired) electrons. The summed E-state index contributed by atoms with van der Waals surface area (Å²) < 4.78 is 0. The molecule has 0 bridgehead atoms. The zero-order chi connectivity index (χ0) is 17.1. The van der Waals surface area contributed by atoms with E-state index in [2.05, 4.69) is 34.8 Å². The van der Waals surface area contributed by atoms with Gasteiger partial charge in [-0.1, -0.05) is 26.7 Å². The van der Waals surface area contributed by atoms with E-state index in [1.807, 2.05) is 6.92 Å². The van der Waals surface area contributed by atoms with Crippen molar-refractivity contribution in [2.24, 2.45) is 10.9 Å². The molecule has 0 spiro atoms. The minimum absolute atomic E-state index is 0.161. The highest BCUT2D eigenvalue weighted by Crippen LogP contribution is 2.28. The number of guanidine groups is 1. The topological polar surface area (TPSA) is 85.8 Å². The Balaban J connectivity index is 2.39. The van der Waals surface area contributed by atoms with Gasteiger partial charge in [-0.05, 0) is 32.6 Å². The summed E-state index contributed by atoms with van der Waals surface area (Å²) in [6, 6.07) is 0. The second-order valence-corrected chi connectivity index (χ2v) is 6.41. The molecule has 1 amide bonds. The van der Waals surface area contributed by atoms with Crippen molar-refractivity contribution in [2.45, 2.75) is 64.9 Å². The summed E-state index contributed by atoms with van der Waals surface area (Å²) in [4.78, 5) is 16.1. The summed E-state index contributed by atoms with van der Waals surface area (Å²) in [5.41, 5.74) is -0.716. The van der Waals surface area contributed by atoms with Crippen LogP contribution in [0.3, 0.4) is 0 Å². The molecule has 1 aliphatic carbocycles. The summed E-state index contributed by atoms with van der Waals surface area (Å²) in [6.07, 6.45) is 5.47. The van der Waals surface area contributed by atoms with E-state index in [0.717, 1.165) is 45.1 Å². The van der Waals surface area contributed by atoms with E-state index in [1.165, 1.54) is 0 Å². The maximum absolute atomic E-state index is 11.6. The van der Waals surface area contributed by atoms with E-state index in [0.29, 0.717) is 25.6 Å². The molecule has 0 unspecified atom stereocenters. The molecule has 1 aliphatic rings. The Bertz CT molecular complexity index is 375. The van der Waals surface area contributed by atoms with Crippen LogP contribution in [-0.2, 0) is 4.79 Å². The number of amides is 1. The normalized spacial score (nSPS) is 15.4. The molecular formula is C17H34N4O2. The van der Waals surface area contributed by atoms with Gasteiger partial charge in [0, 0.05) is 25.6 Å². The van der Waals surface area contributed by atoms with Crippen molar-refractivity contribution in [3.8, 4) is 0 Å². The number of nitrogens with one attached hydrogen (secondary N) is 3. The third kappa shape index (κ3) is 8.21. The largest absolute Gasteiger partial charge is 0.388 e. The minimum Gasteiger partial charge on any atom is -0.388 e. The Kier molecular flexibility index (Phi) is 8.99. The molecule has 6 nitrogen and oxygen atoms in total. The molecule has 0 heterocycles. The van der Waals surface area contributed by atoms with Crippen molar-refractivity contribution in [1.29, 1.82) is 0 Å². The highest BCUT2D eigenvalue weighted by atomic mass is 16.3. The van der Waals surface area contributed by atoms with Gasteiger partial charge >= 0.3 is 0 Å². The third-order valence-corrected chi connectivity index (χ3v) is 3.97. The van der Waals surface area contributed by atoms with Crippen LogP contribution in [-0.4, -0.2) is 48.8 Å². The standard InChI is InChI=1S/C17H34N4O2/c1-4-9-17(23,10-5-2)13-21-16(18-6-3)20-12-11-19-15(22)14-7-8-14/h14,23H,4-13H2,1-3H3,(H,19,22)(H2,18,20,21). The van der Waals surface area contributed by atoms with Crippen LogP contribution in [0, 0.1) is 5.92 Å². The van der Waals surface area contributed by atoms with Gasteiger partial charge in [-0.3, -0.25) is 9.79 Å². The van der Waals surface area contributed by atoms with Crippen LogP contribution in [0.5, 0.6) is 0 Å². The second kappa shape index (κ2) is 10.5. The highest BCUT2D eigenvalue weighted by molar-refractivity contribution is 5.81. The van der Waals surface area contributed by atoms with E-state index in [9.17, 15) is 9.90 Å². The lowest BCUT2D eigenvalue weighted by atomic mass is 9.93. The van der Waals surface area contributed by atoms with Crippen molar-refractivity contribution in [3.05, 3.63) is 0 Å². The number of carbonyl (C=O) groups is 1. The van der Waals surface area contributed by atoms with Gasteiger partial charge < -0.3 is 21.1 Å². The average Bonchev–Trinajstić information content (AvgIpc) is 3.34. The van der Waals surface area contributed by atoms with Crippen LogP contribution >= 0.6 is 0 Å². The average molecular weight is 326 g/mol. The predicted molar refractivity (Wildman–Crippen MR) is 94.5 cm³/mol. The van der Waals surface area contributed by atoms with Crippen molar-refractivity contribution >= 4 is 11.9 Å². The number of hydrogen-bond acceptors (Lipinski definition) is 3. The zero-order valence-electron chi connectivity index (χ0n) is 15.0. The first-order valence-electron chi connectivity index (χ1n) is 9.07. The summed E-state index contributed by atoms with van der Waals surface area (Å²) in [5, 5.41) is 19.9. The van der Waals surface area contributed by atoms with Gasteiger partial charge in [0.15, 0.2) is 5.96 Å². The van der Waals surface area contributed by atoms with Gasteiger partial charge in [0.05, 0.1) is 12.1 Å². The number of nitrogens with zero attached hydrogens (tertiary/aromatic N) is 1. The fourth-order valence-electron chi connectivity index (χ4n) is 2.64. The molecule has 0 aromatic heterocycles. The zero-order valence-corrected chi connectivity index (χ0v) is 15.0. The van der Waals surface area contributed by atoms with Gasteiger partial charge in [-0.15, -0.1) is 0 Å². The van der Waals surface area contributed by atoms with E-state index < -0.39 is 5.60 Å². The number of hydrogen-bond donors (Lipinski definition) is 4. The molecule has 0 aromatic rings. The lowest BCUT2D eigenvalue weighted by Gasteiger charge is -2.26. The molecule has 0 aliphatic heterocycles. The van der Waals surface area contributed by atoms with E-state index in [-0.39, 0.29) is 11.8 Å². The maximum atomic E-state index is 11.6. The molecule has 0 aromatic carbocycles. The first-order chi connectivity index (χ1) is 11.0. The van der Waals surface area contributed by atoms with Crippen LogP contribution in [0.1, 0.15) is 59.3 Å². The van der Waals surface area contributed by atoms with E-state index >= 15 is 0 Å². The molecule has 1 saturated carbocycles. The summed E-state index contributed by atoms with van der Waals surface area (Å²) in [5.74, 6) is 1.10. The molecule has 0 saturated heterocycles. The molecular weight excluding hydrogens is 292 g/mol. The SMILES string of the molecule is CCCC(O)(CCC)CN=C(NCC)NCCNC(=O)C1CC1. The molecule has 23 heavy (non-hydrogen) atoms. The van der Waals surface area contributed by atoms with Crippen LogP contribution in [0.4, 0.5) is 0 Å². The van der Waals surface area contributed by atoms with Gasteiger partial charge in [-0.2, -0.15) is 0 Å². The summed E-state index contributed by atoms with van der Waals surface area (Å²) >= 11 is 0. The second-order valence-electron chi connectivity index (χ2n) is 6.41. The molecule has 1 rings (SSSR count). The number of aliphatic hydroxyl groups is 1. The number of carbonyl (C=O) groups excluding carboxylic acids is 1. The van der Waals surface area contributed by atoms with E-state index in [4.69, 9.17) is 0 Å². The Morgan fingerprint density at radius 3 is 2.22 bits per heavy atom. The molecule has 6 heteroatoms. The first kappa shape index (κ1) is 19.7. The maximum Gasteiger partial charge on any atom is 0.223 e. The third-order valence-electron chi connectivity index (χ3n) is 3.97. The Morgan fingerprint density at radius 2 is 1.70 bits per heavy atom. The van der Waals surface area contributed by atoms with Crippen molar-refractivity contribution < 1.29 is 9.90 Å². The quantitative estimate of drug-likeness (QED) is 0.263. The van der Waals surface area contributed by atoms with Crippen LogP contribution < -0.4 is 16.0 Å². The summed E-state index contributed by atoms with van der Waals surface area (Å²) in [7, 11) is 0. The highest BCUT2D eigenvalue weighted by Gasteiger charge is 2.29. The van der Waals surface area contributed by atoms with Gasteiger partial charge in [-0.25, -0.2) is 0 Å². The molecule has 0 atom stereocenters. The smallest absolute Gasteiger partial charge is 0.223 e. The Hall–Kier alpha value is -1.30. The summed E-state index contributed by atoms with van der Waals surface area (Å²) in [6.45, 7) is 8.56. The number of aliphatic imine (C=N–C) groups is 1. The monoisotopic (exact) mass is 326 g/mol. The van der Waals surface area contributed by atoms with Crippen molar-refractivity contribution in [1.82, 2.24) is 16.0 Å². The lowest BCUT2D eigenvalue weighted by molar-refractivity contribution is -0.122. The van der Waals surface area contributed by atoms with Gasteiger partial charge in [0.25, 0.3) is 0 Å². The first-order valence-corrected chi connectivity index (χ1v) is 9.07. The Morgan fingerprint density at radius 1 is 1.09 bits per heavy atom. The van der Waals surface area contributed by atoms with Crippen LogP contribution in [0.15, 0.2) is 4.99 Å².